The zero-order valence-electron chi connectivity index (χ0n) is 9.54. The van der Waals surface area contributed by atoms with Gasteiger partial charge in [0.2, 0.25) is 11.8 Å². The summed E-state index contributed by atoms with van der Waals surface area (Å²) in [5, 5.41) is 1.92. The molecule has 0 saturated carbocycles. The van der Waals surface area contributed by atoms with Gasteiger partial charge >= 0.3 is 6.03 Å². The summed E-state index contributed by atoms with van der Waals surface area (Å²) in [6.07, 6.45) is 0. The van der Waals surface area contributed by atoms with Crippen LogP contribution < -0.4 is 10.2 Å². The van der Waals surface area contributed by atoms with Crippen LogP contribution in [0.1, 0.15) is 6.92 Å². The second-order valence-electron chi connectivity index (χ2n) is 3.91. The molecule has 1 saturated heterocycles. The fourth-order valence-electron chi connectivity index (χ4n) is 1.64. The van der Waals surface area contributed by atoms with Gasteiger partial charge in [0.25, 0.3) is 0 Å². The number of urea groups is 1. The van der Waals surface area contributed by atoms with Gasteiger partial charge < -0.3 is 0 Å². The summed E-state index contributed by atoms with van der Waals surface area (Å²) < 4.78 is 13.3. The summed E-state index contributed by atoms with van der Waals surface area (Å²) in [5.41, 5.74) is 0.00455. The van der Waals surface area contributed by atoms with Crippen molar-refractivity contribution in [3.05, 3.63) is 27.4 Å². The van der Waals surface area contributed by atoms with Gasteiger partial charge in [0, 0.05) is 4.47 Å². The van der Waals surface area contributed by atoms with Crippen LogP contribution in [-0.2, 0) is 9.59 Å². The summed E-state index contributed by atoms with van der Waals surface area (Å²) in [5.74, 6) is -3.04. The minimum Gasteiger partial charge on any atom is -0.277 e. The Morgan fingerprint density at radius 3 is 2.58 bits per heavy atom. The van der Waals surface area contributed by atoms with E-state index in [0.717, 1.165) is 17.0 Å². The second kappa shape index (κ2) is 4.90. The molecular formula is C11H7BrClFN2O3. The first-order chi connectivity index (χ1) is 8.82. The highest BCUT2D eigenvalue weighted by Crippen LogP contribution is 2.36. The van der Waals surface area contributed by atoms with Crippen LogP contribution in [-0.4, -0.2) is 17.8 Å². The number of hydrogen-bond donors (Lipinski definition) is 1. The Morgan fingerprint density at radius 1 is 1.37 bits per heavy atom. The third kappa shape index (κ3) is 2.35. The number of nitrogens with one attached hydrogen (secondary N) is 1. The molecule has 1 fully saturated rings. The molecule has 1 heterocycles. The number of amides is 4. The van der Waals surface area contributed by atoms with Crippen molar-refractivity contribution in [2.24, 2.45) is 5.92 Å². The Balaban J connectivity index is 2.55. The standard InChI is InChI=1S/C11H7BrClFN2O3/c1-4-9(17)15-11(19)16(10(4)18)8-6(12)2-5(14)3-7(8)13/h2-4H,1H3,(H,15,17,19). The first-order valence-corrected chi connectivity index (χ1v) is 6.33. The Kier molecular flexibility index (Phi) is 3.60. The number of imide groups is 2. The first kappa shape index (κ1) is 14.0. The van der Waals surface area contributed by atoms with Crippen LogP contribution in [0.3, 0.4) is 0 Å². The molecule has 1 aliphatic heterocycles. The number of benzene rings is 1. The molecule has 1 atom stereocenters. The van der Waals surface area contributed by atoms with Crippen molar-refractivity contribution in [2.45, 2.75) is 6.92 Å². The van der Waals surface area contributed by atoms with E-state index in [9.17, 15) is 18.8 Å². The fourth-order valence-corrected chi connectivity index (χ4v) is 2.65. The van der Waals surface area contributed by atoms with Gasteiger partial charge in [-0.25, -0.2) is 14.1 Å². The highest BCUT2D eigenvalue weighted by atomic mass is 79.9. The molecule has 1 aliphatic rings. The summed E-state index contributed by atoms with van der Waals surface area (Å²) in [6, 6.07) is 1.13. The van der Waals surface area contributed by atoms with Crippen molar-refractivity contribution >= 4 is 51.1 Å². The molecule has 100 valence electrons. The lowest BCUT2D eigenvalue weighted by Gasteiger charge is -2.29. The van der Waals surface area contributed by atoms with Gasteiger partial charge in [-0.1, -0.05) is 11.6 Å². The lowest BCUT2D eigenvalue weighted by Crippen LogP contribution is -2.57. The van der Waals surface area contributed by atoms with Crippen LogP contribution in [0.5, 0.6) is 0 Å². The van der Waals surface area contributed by atoms with Gasteiger partial charge in [0.15, 0.2) is 0 Å². The third-order valence-corrected chi connectivity index (χ3v) is 3.52. The molecule has 1 unspecified atom stereocenters. The SMILES string of the molecule is CC1C(=O)NC(=O)N(c2c(Cl)cc(F)cc2Br)C1=O. The topological polar surface area (TPSA) is 66.5 Å². The molecule has 0 aliphatic carbocycles. The minimum absolute atomic E-state index is 0.00455. The van der Waals surface area contributed by atoms with Gasteiger partial charge in [0.05, 0.1) is 10.7 Å². The lowest BCUT2D eigenvalue weighted by atomic mass is 10.1. The van der Waals surface area contributed by atoms with E-state index >= 15 is 0 Å². The zero-order chi connectivity index (χ0) is 14.3. The van der Waals surface area contributed by atoms with Crippen molar-refractivity contribution < 1.29 is 18.8 Å². The highest BCUT2D eigenvalue weighted by molar-refractivity contribution is 9.10. The van der Waals surface area contributed by atoms with E-state index in [1.54, 1.807) is 0 Å². The monoisotopic (exact) mass is 348 g/mol. The van der Waals surface area contributed by atoms with Crippen molar-refractivity contribution in [3.8, 4) is 0 Å². The van der Waals surface area contributed by atoms with Gasteiger partial charge in [-0.05, 0) is 35.0 Å². The highest BCUT2D eigenvalue weighted by Gasteiger charge is 2.40. The predicted molar refractivity (Wildman–Crippen MR) is 69.3 cm³/mol. The number of rotatable bonds is 1. The molecule has 8 heteroatoms. The molecule has 19 heavy (non-hydrogen) atoms. The molecule has 1 N–H and O–H groups in total. The van der Waals surface area contributed by atoms with Crippen molar-refractivity contribution in [2.75, 3.05) is 4.90 Å². The molecule has 5 nitrogen and oxygen atoms in total. The Labute approximate surface area is 120 Å². The van der Waals surface area contributed by atoms with E-state index in [0.29, 0.717) is 0 Å². The average Bonchev–Trinajstić information content (AvgIpc) is 2.29. The zero-order valence-corrected chi connectivity index (χ0v) is 11.9. The lowest BCUT2D eigenvalue weighted by molar-refractivity contribution is -0.133. The number of hydrogen-bond acceptors (Lipinski definition) is 3. The van der Waals surface area contributed by atoms with E-state index in [2.05, 4.69) is 15.9 Å². The van der Waals surface area contributed by atoms with Gasteiger partial charge in [-0.2, -0.15) is 0 Å². The molecule has 0 bridgehead atoms. The van der Waals surface area contributed by atoms with Crippen LogP contribution in [0, 0.1) is 11.7 Å². The second-order valence-corrected chi connectivity index (χ2v) is 5.17. The number of carbonyl (C=O) groups excluding carboxylic acids is 3. The molecule has 0 aromatic heterocycles. The van der Waals surface area contributed by atoms with E-state index in [1.165, 1.54) is 6.92 Å². The van der Waals surface area contributed by atoms with Crippen LogP contribution in [0.4, 0.5) is 14.9 Å². The third-order valence-electron chi connectivity index (χ3n) is 2.62. The maximum absolute atomic E-state index is 13.1. The number of nitrogens with zero attached hydrogens (tertiary/aromatic N) is 1. The molecule has 0 spiro atoms. The molecule has 1 aromatic carbocycles. The normalized spacial score (nSPS) is 19.7. The van der Waals surface area contributed by atoms with Crippen molar-refractivity contribution in [1.82, 2.24) is 5.32 Å². The van der Waals surface area contributed by atoms with Gasteiger partial charge in [-0.15, -0.1) is 0 Å². The van der Waals surface area contributed by atoms with Crippen LogP contribution in [0.2, 0.25) is 5.02 Å². The average molecular weight is 350 g/mol. The van der Waals surface area contributed by atoms with Crippen molar-refractivity contribution in [3.63, 3.8) is 0 Å². The molecule has 1 aromatic rings. The smallest absolute Gasteiger partial charge is 0.277 e. The minimum atomic E-state index is -1.02. The van der Waals surface area contributed by atoms with Crippen LogP contribution in [0.15, 0.2) is 16.6 Å². The Morgan fingerprint density at radius 2 is 2.00 bits per heavy atom. The van der Waals surface area contributed by atoms with Crippen LogP contribution >= 0.6 is 27.5 Å². The van der Waals surface area contributed by atoms with Gasteiger partial charge in [-0.3, -0.25) is 14.9 Å². The van der Waals surface area contributed by atoms with E-state index in [-0.39, 0.29) is 15.2 Å². The number of anilines is 1. The largest absolute Gasteiger partial charge is 0.335 e. The summed E-state index contributed by atoms with van der Waals surface area (Å²) in [4.78, 5) is 35.8. The summed E-state index contributed by atoms with van der Waals surface area (Å²) in [6.45, 7) is 1.36. The van der Waals surface area contributed by atoms with E-state index in [1.807, 2.05) is 5.32 Å². The summed E-state index contributed by atoms with van der Waals surface area (Å²) in [7, 11) is 0. The summed E-state index contributed by atoms with van der Waals surface area (Å²) >= 11 is 8.89. The number of barbiturate groups is 1. The van der Waals surface area contributed by atoms with Gasteiger partial charge in [0.1, 0.15) is 11.7 Å². The maximum atomic E-state index is 13.1. The Bertz CT molecular complexity index is 585. The maximum Gasteiger partial charge on any atom is 0.335 e. The van der Waals surface area contributed by atoms with Crippen LogP contribution in [0.25, 0.3) is 0 Å². The quantitative estimate of drug-likeness (QED) is 0.792. The molecule has 2 rings (SSSR count). The first-order valence-electron chi connectivity index (χ1n) is 5.16. The predicted octanol–water partition coefficient (Wildman–Crippen LogP) is 2.46. The molecule has 4 amide bonds. The molecule has 0 radical (unpaired) electrons. The van der Waals surface area contributed by atoms with E-state index in [4.69, 9.17) is 11.6 Å². The number of halogens is 3. The fraction of sp³-hybridized carbons (Fsp3) is 0.182. The molecular weight excluding hydrogens is 342 g/mol. The number of carbonyl (C=O) groups is 3. The van der Waals surface area contributed by atoms with Crippen molar-refractivity contribution in [1.29, 1.82) is 0 Å². The van der Waals surface area contributed by atoms with E-state index < -0.39 is 29.6 Å². The Hall–Kier alpha value is -1.47.